The van der Waals surface area contributed by atoms with Crippen LogP contribution in [0.15, 0.2) is 0 Å². The number of amides is 1. The molecule has 0 aromatic heterocycles. The second-order valence-electron chi connectivity index (χ2n) is 5.26. The van der Waals surface area contributed by atoms with Crippen molar-refractivity contribution in [2.45, 2.75) is 44.9 Å². The average molecular weight is 240 g/mol. The maximum atomic E-state index is 12.0. The van der Waals surface area contributed by atoms with Gasteiger partial charge in [-0.2, -0.15) is 0 Å². The van der Waals surface area contributed by atoms with Crippen LogP contribution in [0.4, 0.5) is 4.79 Å². The maximum Gasteiger partial charge on any atom is 0.410 e. The van der Waals surface area contributed by atoms with Gasteiger partial charge in [0, 0.05) is 13.5 Å². The summed E-state index contributed by atoms with van der Waals surface area (Å²) in [5.41, 5.74) is -0.509. The van der Waals surface area contributed by atoms with Gasteiger partial charge in [-0.05, 0) is 20.8 Å². The molecule has 17 heavy (non-hydrogen) atoms. The molecule has 1 saturated heterocycles. The Bertz CT molecular complexity index is 317. The Morgan fingerprint density at radius 1 is 1.53 bits per heavy atom. The molecule has 0 aromatic carbocycles. The molecule has 1 amide bonds. The second-order valence-corrected chi connectivity index (χ2v) is 5.26. The van der Waals surface area contributed by atoms with E-state index in [4.69, 9.17) is 16.0 Å². The second kappa shape index (κ2) is 5.37. The van der Waals surface area contributed by atoms with Gasteiger partial charge >= 0.3 is 6.09 Å². The van der Waals surface area contributed by atoms with Crippen molar-refractivity contribution in [3.63, 3.8) is 0 Å². The normalized spacial score (nSPS) is 24.5. The van der Waals surface area contributed by atoms with E-state index in [1.807, 2.05) is 20.8 Å². The van der Waals surface area contributed by atoms with Crippen LogP contribution in [0.1, 0.15) is 27.2 Å². The third kappa shape index (κ3) is 3.90. The Morgan fingerprint density at radius 2 is 2.18 bits per heavy atom. The third-order valence-electron chi connectivity index (χ3n) is 2.56. The Labute approximate surface area is 102 Å². The van der Waals surface area contributed by atoms with Gasteiger partial charge in [0.1, 0.15) is 5.60 Å². The number of rotatable bonds is 2. The molecule has 0 radical (unpaired) electrons. The van der Waals surface area contributed by atoms with Crippen molar-refractivity contribution in [3.05, 3.63) is 11.4 Å². The first-order valence-electron chi connectivity index (χ1n) is 5.72. The number of methoxy groups -OCH3 is 1. The van der Waals surface area contributed by atoms with Gasteiger partial charge in [-0.1, -0.05) is 0 Å². The molecule has 1 unspecified atom stereocenters. The fourth-order valence-electron chi connectivity index (χ4n) is 1.88. The van der Waals surface area contributed by atoms with Crippen molar-refractivity contribution in [3.8, 4) is 0 Å². The molecular formula is C12H20N2O3. The van der Waals surface area contributed by atoms with Crippen LogP contribution < -0.4 is 0 Å². The molecule has 5 nitrogen and oxygen atoms in total. The molecule has 1 aliphatic rings. The number of likely N-dealkylation sites (tertiary alicyclic amines) is 1. The molecule has 0 bridgehead atoms. The minimum Gasteiger partial charge on any atom is -0.444 e. The lowest BCUT2D eigenvalue weighted by atomic mass is 10.2. The molecule has 1 fully saturated rings. The summed E-state index contributed by atoms with van der Waals surface area (Å²) in [5, 5.41) is 0. The fourth-order valence-corrected chi connectivity index (χ4v) is 1.88. The van der Waals surface area contributed by atoms with Crippen LogP contribution in [0, 0.1) is 6.57 Å². The highest BCUT2D eigenvalue weighted by Gasteiger charge is 2.40. The zero-order valence-electron chi connectivity index (χ0n) is 10.9. The van der Waals surface area contributed by atoms with Crippen LogP contribution in [0.2, 0.25) is 0 Å². The van der Waals surface area contributed by atoms with E-state index in [2.05, 4.69) is 4.85 Å². The van der Waals surface area contributed by atoms with Crippen LogP contribution in [0.25, 0.3) is 4.85 Å². The number of carbonyl (C=O) groups excluding carboxylic acids is 1. The molecule has 0 aromatic rings. The van der Waals surface area contributed by atoms with E-state index >= 15 is 0 Å². The lowest BCUT2D eigenvalue weighted by molar-refractivity contribution is 0.0148. The summed E-state index contributed by atoms with van der Waals surface area (Å²) in [6, 6.07) is -0.184. The van der Waals surface area contributed by atoms with E-state index in [9.17, 15) is 4.79 Å². The zero-order chi connectivity index (χ0) is 13.1. The Balaban J connectivity index is 2.67. The fraction of sp³-hybridized carbons (Fsp3) is 0.833. The van der Waals surface area contributed by atoms with Gasteiger partial charge in [0.15, 0.2) is 0 Å². The number of ether oxygens (including phenoxy) is 2. The minimum absolute atomic E-state index is 0.0473. The summed E-state index contributed by atoms with van der Waals surface area (Å²) in [5.74, 6) is 0. The SMILES string of the molecule is [C-]#[N+]C1C[C@@H](COC)N(C(=O)OC(C)(C)C)C1. The van der Waals surface area contributed by atoms with Gasteiger partial charge in [-0.15, -0.1) is 0 Å². The molecule has 1 heterocycles. The smallest absolute Gasteiger partial charge is 0.410 e. The van der Waals surface area contributed by atoms with E-state index in [1.165, 1.54) is 0 Å². The Morgan fingerprint density at radius 3 is 2.65 bits per heavy atom. The molecular weight excluding hydrogens is 220 g/mol. The van der Waals surface area contributed by atoms with Crippen molar-refractivity contribution < 1.29 is 14.3 Å². The number of hydrogen-bond acceptors (Lipinski definition) is 3. The topological polar surface area (TPSA) is 43.1 Å². The van der Waals surface area contributed by atoms with Crippen LogP contribution in [-0.4, -0.2) is 48.9 Å². The van der Waals surface area contributed by atoms with Crippen LogP contribution in [0.5, 0.6) is 0 Å². The lowest BCUT2D eigenvalue weighted by Crippen LogP contribution is -2.41. The highest BCUT2D eigenvalue weighted by atomic mass is 16.6. The van der Waals surface area contributed by atoms with Gasteiger partial charge in [0.2, 0.25) is 6.04 Å². The van der Waals surface area contributed by atoms with Crippen molar-refractivity contribution in [1.82, 2.24) is 4.90 Å². The first-order valence-corrected chi connectivity index (χ1v) is 5.72. The van der Waals surface area contributed by atoms with E-state index in [1.54, 1.807) is 12.0 Å². The predicted molar refractivity (Wildman–Crippen MR) is 63.6 cm³/mol. The molecule has 0 spiro atoms. The van der Waals surface area contributed by atoms with E-state index in [0.29, 0.717) is 19.6 Å². The molecule has 0 saturated carbocycles. The Kier molecular flexibility index (Phi) is 4.35. The first kappa shape index (κ1) is 13.8. The van der Waals surface area contributed by atoms with E-state index in [0.717, 1.165) is 0 Å². The van der Waals surface area contributed by atoms with Gasteiger partial charge < -0.3 is 14.3 Å². The highest BCUT2D eigenvalue weighted by molar-refractivity contribution is 5.69. The molecule has 1 aliphatic heterocycles. The average Bonchev–Trinajstić information content (AvgIpc) is 2.59. The maximum absolute atomic E-state index is 12.0. The summed E-state index contributed by atoms with van der Waals surface area (Å²) < 4.78 is 10.4. The van der Waals surface area contributed by atoms with Crippen LogP contribution in [0.3, 0.4) is 0 Å². The number of carbonyl (C=O) groups is 1. The number of nitrogens with zero attached hydrogens (tertiary/aromatic N) is 2. The molecule has 2 atom stereocenters. The summed E-state index contributed by atoms with van der Waals surface area (Å²) in [6.45, 7) is 13.4. The summed E-state index contributed by atoms with van der Waals surface area (Å²) in [4.78, 5) is 17.1. The van der Waals surface area contributed by atoms with Gasteiger partial charge in [0.25, 0.3) is 0 Å². The predicted octanol–water partition coefficient (Wildman–Crippen LogP) is 1.93. The summed E-state index contributed by atoms with van der Waals surface area (Å²) >= 11 is 0. The van der Waals surface area contributed by atoms with E-state index < -0.39 is 5.60 Å². The molecule has 0 aliphatic carbocycles. The quantitative estimate of drug-likeness (QED) is 0.693. The number of hydrogen-bond donors (Lipinski definition) is 0. The van der Waals surface area contributed by atoms with Gasteiger partial charge in [-0.25, -0.2) is 11.4 Å². The first-order chi connectivity index (χ1) is 7.87. The molecule has 1 rings (SSSR count). The van der Waals surface area contributed by atoms with Gasteiger partial charge in [-0.3, -0.25) is 4.90 Å². The monoisotopic (exact) mass is 240 g/mol. The summed E-state index contributed by atoms with van der Waals surface area (Å²) in [7, 11) is 1.60. The van der Waals surface area contributed by atoms with Crippen molar-refractivity contribution in [2.75, 3.05) is 20.3 Å². The largest absolute Gasteiger partial charge is 0.444 e. The Hall–Kier alpha value is -1.28. The van der Waals surface area contributed by atoms with Gasteiger partial charge in [0.05, 0.1) is 19.2 Å². The van der Waals surface area contributed by atoms with Crippen molar-refractivity contribution in [2.24, 2.45) is 0 Å². The third-order valence-corrected chi connectivity index (χ3v) is 2.56. The van der Waals surface area contributed by atoms with Crippen molar-refractivity contribution >= 4 is 6.09 Å². The minimum atomic E-state index is -0.509. The van der Waals surface area contributed by atoms with Crippen LogP contribution in [-0.2, 0) is 9.47 Å². The zero-order valence-corrected chi connectivity index (χ0v) is 10.9. The van der Waals surface area contributed by atoms with E-state index in [-0.39, 0.29) is 18.2 Å². The van der Waals surface area contributed by atoms with Crippen molar-refractivity contribution in [1.29, 1.82) is 0 Å². The van der Waals surface area contributed by atoms with Crippen LogP contribution >= 0.6 is 0 Å². The molecule has 96 valence electrons. The molecule has 0 N–H and O–H groups in total. The standard InChI is InChI=1S/C12H20N2O3/c1-12(2,3)17-11(15)14-7-9(13-4)6-10(14)8-16-5/h9-10H,6-8H2,1-3,5H3/t9?,10-/m0/s1. The lowest BCUT2D eigenvalue weighted by Gasteiger charge is -2.27. The summed E-state index contributed by atoms with van der Waals surface area (Å²) in [6.07, 6.45) is 0.307. The highest BCUT2D eigenvalue weighted by Crippen LogP contribution is 2.23. The molecule has 5 heteroatoms.